The van der Waals surface area contributed by atoms with E-state index in [0.717, 1.165) is 18.4 Å². The highest BCUT2D eigenvalue weighted by Crippen LogP contribution is 2.54. The standard InChI is InChI=1S/C26H26N2O4/c1-32-25(31)26-16-8-9-17-27(26)20(15-14-18-10-4-2-5-11-18)21-22(26)24(30)28(23(21)29)19-12-6-3-7-13-19/h2-7,10-15,20-22H,8-9,16-17H2,1H3/b15-14+/t20-,21-,22+,26+/m1/s1. The van der Waals surface area contributed by atoms with Gasteiger partial charge in [-0.3, -0.25) is 19.3 Å². The molecule has 0 saturated carbocycles. The van der Waals surface area contributed by atoms with Gasteiger partial charge in [-0.25, -0.2) is 4.90 Å². The Bertz CT molecular complexity index is 1070. The number of hydrogen-bond donors (Lipinski definition) is 0. The number of anilines is 1. The molecule has 0 spiro atoms. The minimum Gasteiger partial charge on any atom is -0.468 e. The Morgan fingerprint density at radius 2 is 1.69 bits per heavy atom. The molecule has 32 heavy (non-hydrogen) atoms. The fraction of sp³-hybridized carbons (Fsp3) is 0.346. The Morgan fingerprint density at radius 1 is 1.00 bits per heavy atom. The average molecular weight is 431 g/mol. The van der Waals surface area contributed by atoms with Crippen LogP contribution in [0.1, 0.15) is 24.8 Å². The fourth-order valence-corrected chi connectivity index (χ4v) is 5.85. The molecule has 2 aromatic carbocycles. The van der Waals surface area contributed by atoms with E-state index in [1.807, 2.05) is 48.6 Å². The van der Waals surface area contributed by atoms with Crippen molar-refractivity contribution in [2.45, 2.75) is 30.8 Å². The van der Waals surface area contributed by atoms with Gasteiger partial charge in [0.15, 0.2) is 0 Å². The van der Waals surface area contributed by atoms with Crippen molar-refractivity contribution in [2.24, 2.45) is 11.8 Å². The van der Waals surface area contributed by atoms with Gasteiger partial charge in [0, 0.05) is 6.04 Å². The second-order valence-electron chi connectivity index (χ2n) is 8.68. The number of piperidine rings is 1. The molecule has 0 aliphatic carbocycles. The first-order valence-electron chi connectivity index (χ1n) is 11.1. The van der Waals surface area contributed by atoms with Crippen molar-refractivity contribution in [1.29, 1.82) is 0 Å². The van der Waals surface area contributed by atoms with Crippen molar-refractivity contribution in [3.8, 4) is 0 Å². The van der Waals surface area contributed by atoms with Crippen LogP contribution in [0, 0.1) is 11.8 Å². The number of imide groups is 1. The SMILES string of the molecule is COC(=O)[C@@]12CCCCN1[C@H](/C=C/c1ccccc1)[C@H]1C(=O)N(c3ccccc3)C(=O)[C@H]12. The summed E-state index contributed by atoms with van der Waals surface area (Å²) < 4.78 is 5.25. The van der Waals surface area contributed by atoms with Gasteiger partial charge >= 0.3 is 5.97 Å². The number of carbonyl (C=O) groups excluding carboxylic acids is 3. The van der Waals surface area contributed by atoms with Crippen LogP contribution in [-0.4, -0.2) is 47.9 Å². The molecule has 2 amide bonds. The molecular weight excluding hydrogens is 404 g/mol. The lowest BCUT2D eigenvalue weighted by molar-refractivity contribution is -0.161. The molecule has 3 aliphatic heterocycles. The second-order valence-corrected chi connectivity index (χ2v) is 8.68. The summed E-state index contributed by atoms with van der Waals surface area (Å²) in [5, 5.41) is 0. The maximum atomic E-state index is 13.7. The Balaban J connectivity index is 1.63. The predicted octanol–water partition coefficient (Wildman–Crippen LogP) is 3.29. The molecule has 3 fully saturated rings. The largest absolute Gasteiger partial charge is 0.468 e. The van der Waals surface area contributed by atoms with E-state index in [1.54, 1.807) is 24.3 Å². The molecular formula is C26H26N2O4. The smallest absolute Gasteiger partial charge is 0.327 e. The minimum absolute atomic E-state index is 0.244. The molecule has 5 rings (SSSR count). The van der Waals surface area contributed by atoms with E-state index in [-0.39, 0.29) is 17.9 Å². The fourth-order valence-electron chi connectivity index (χ4n) is 5.85. The Kier molecular flexibility index (Phi) is 5.18. The minimum atomic E-state index is -1.11. The van der Waals surface area contributed by atoms with Crippen LogP contribution in [0.4, 0.5) is 5.69 Å². The van der Waals surface area contributed by atoms with Gasteiger partial charge in [-0.1, -0.05) is 60.7 Å². The molecule has 164 valence electrons. The van der Waals surface area contributed by atoms with Crippen LogP contribution in [0.5, 0.6) is 0 Å². The average Bonchev–Trinajstić information content (AvgIpc) is 3.28. The lowest BCUT2D eigenvalue weighted by Gasteiger charge is -2.44. The van der Waals surface area contributed by atoms with Gasteiger partial charge in [-0.05, 0) is 43.5 Å². The van der Waals surface area contributed by atoms with Crippen molar-refractivity contribution in [3.05, 3.63) is 72.3 Å². The second kappa shape index (κ2) is 8.02. The van der Waals surface area contributed by atoms with E-state index in [2.05, 4.69) is 4.90 Å². The molecule has 0 radical (unpaired) electrons. The normalized spacial score (nSPS) is 29.9. The molecule has 2 aromatic rings. The quantitative estimate of drug-likeness (QED) is 0.550. The summed E-state index contributed by atoms with van der Waals surface area (Å²) in [5.74, 6) is -2.35. The van der Waals surface area contributed by atoms with E-state index in [4.69, 9.17) is 4.74 Å². The van der Waals surface area contributed by atoms with Crippen LogP contribution in [0.3, 0.4) is 0 Å². The molecule has 6 nitrogen and oxygen atoms in total. The summed E-state index contributed by atoms with van der Waals surface area (Å²) in [5.41, 5.74) is 0.443. The molecule has 0 unspecified atom stereocenters. The number of methoxy groups -OCH3 is 1. The Morgan fingerprint density at radius 3 is 2.38 bits per heavy atom. The van der Waals surface area contributed by atoms with Gasteiger partial charge in [0.1, 0.15) is 5.54 Å². The number of fused-ring (bicyclic) bond motifs is 3. The van der Waals surface area contributed by atoms with Crippen molar-refractivity contribution in [1.82, 2.24) is 4.90 Å². The third-order valence-corrected chi connectivity index (χ3v) is 7.15. The summed E-state index contributed by atoms with van der Waals surface area (Å²) in [6.45, 7) is 0.651. The van der Waals surface area contributed by atoms with Gasteiger partial charge in [-0.15, -0.1) is 0 Å². The number of amides is 2. The molecule has 3 heterocycles. The van der Waals surface area contributed by atoms with E-state index in [9.17, 15) is 14.4 Å². The summed E-state index contributed by atoms with van der Waals surface area (Å²) in [6, 6.07) is 18.5. The van der Waals surface area contributed by atoms with Crippen molar-refractivity contribution in [2.75, 3.05) is 18.6 Å². The van der Waals surface area contributed by atoms with Crippen molar-refractivity contribution >= 4 is 29.5 Å². The van der Waals surface area contributed by atoms with Crippen LogP contribution in [0.25, 0.3) is 6.08 Å². The highest BCUT2D eigenvalue weighted by atomic mass is 16.5. The van der Waals surface area contributed by atoms with E-state index < -0.39 is 23.3 Å². The Hall–Kier alpha value is -3.25. The number of benzene rings is 2. The lowest BCUT2D eigenvalue weighted by atomic mass is 9.75. The molecule has 0 bridgehead atoms. The highest BCUT2D eigenvalue weighted by Gasteiger charge is 2.72. The number of carbonyl (C=O) groups is 3. The topological polar surface area (TPSA) is 66.9 Å². The van der Waals surface area contributed by atoms with Gasteiger partial charge in [0.05, 0.1) is 24.6 Å². The molecule has 0 N–H and O–H groups in total. The van der Waals surface area contributed by atoms with E-state index in [0.29, 0.717) is 18.7 Å². The molecule has 4 atom stereocenters. The van der Waals surface area contributed by atoms with E-state index >= 15 is 0 Å². The first kappa shape index (κ1) is 20.6. The van der Waals surface area contributed by atoms with Gasteiger partial charge in [-0.2, -0.15) is 0 Å². The van der Waals surface area contributed by atoms with E-state index in [1.165, 1.54) is 12.0 Å². The van der Waals surface area contributed by atoms with Crippen LogP contribution >= 0.6 is 0 Å². The van der Waals surface area contributed by atoms with Gasteiger partial charge in [0.25, 0.3) is 0 Å². The summed E-state index contributed by atoms with van der Waals surface area (Å²) >= 11 is 0. The number of hydrogen-bond acceptors (Lipinski definition) is 5. The molecule has 3 saturated heterocycles. The highest BCUT2D eigenvalue weighted by molar-refractivity contribution is 6.24. The van der Waals surface area contributed by atoms with Gasteiger partial charge < -0.3 is 4.74 Å². The maximum Gasteiger partial charge on any atom is 0.327 e. The molecule has 6 heteroatoms. The van der Waals surface area contributed by atoms with Crippen molar-refractivity contribution in [3.63, 3.8) is 0 Å². The Labute approximate surface area is 187 Å². The van der Waals surface area contributed by atoms with Crippen LogP contribution in [0.15, 0.2) is 66.7 Å². The maximum absolute atomic E-state index is 13.7. The van der Waals surface area contributed by atoms with Crippen LogP contribution in [0.2, 0.25) is 0 Å². The number of esters is 1. The number of para-hydroxylation sites is 1. The first-order chi connectivity index (χ1) is 15.6. The third-order valence-electron chi connectivity index (χ3n) is 7.15. The summed E-state index contributed by atoms with van der Waals surface area (Å²) in [6.07, 6.45) is 6.21. The number of ether oxygens (including phenoxy) is 1. The summed E-state index contributed by atoms with van der Waals surface area (Å²) in [7, 11) is 1.36. The third kappa shape index (κ3) is 2.93. The predicted molar refractivity (Wildman–Crippen MR) is 120 cm³/mol. The van der Waals surface area contributed by atoms with Gasteiger partial charge in [0.2, 0.25) is 11.8 Å². The molecule has 0 aromatic heterocycles. The first-order valence-corrected chi connectivity index (χ1v) is 11.1. The number of rotatable bonds is 4. The summed E-state index contributed by atoms with van der Waals surface area (Å²) in [4.78, 5) is 44.0. The van der Waals surface area contributed by atoms with Crippen LogP contribution in [-0.2, 0) is 19.1 Å². The zero-order valence-electron chi connectivity index (χ0n) is 18.0. The monoisotopic (exact) mass is 430 g/mol. The van der Waals surface area contributed by atoms with Crippen LogP contribution < -0.4 is 4.90 Å². The zero-order valence-corrected chi connectivity index (χ0v) is 18.0. The van der Waals surface area contributed by atoms with Crippen molar-refractivity contribution < 1.29 is 19.1 Å². The number of nitrogens with zero attached hydrogens (tertiary/aromatic N) is 2. The molecule has 3 aliphatic rings. The lowest BCUT2D eigenvalue weighted by Crippen LogP contribution is -2.61. The zero-order chi connectivity index (χ0) is 22.3.